The molecule has 16 heavy (non-hydrogen) atoms. The van der Waals surface area contributed by atoms with Crippen molar-refractivity contribution in [2.24, 2.45) is 11.8 Å². The zero-order chi connectivity index (χ0) is 12.1. The zero-order valence-electron chi connectivity index (χ0n) is 10.8. The minimum atomic E-state index is 0.648. The Hall–Kier alpha value is -0.630. The van der Waals surface area contributed by atoms with Gasteiger partial charge < -0.3 is 4.90 Å². The number of benzene rings is 1. The van der Waals surface area contributed by atoms with Crippen LogP contribution in [0.4, 0.5) is 5.69 Å². The molecule has 0 heterocycles. The summed E-state index contributed by atoms with van der Waals surface area (Å²) < 4.78 is 0. The van der Waals surface area contributed by atoms with Gasteiger partial charge >= 0.3 is 0 Å². The Morgan fingerprint density at radius 2 is 1.75 bits per heavy atom. The van der Waals surface area contributed by atoms with Gasteiger partial charge in [0.05, 0.1) is 0 Å². The summed E-state index contributed by atoms with van der Waals surface area (Å²) in [6.07, 6.45) is 0. The topological polar surface area (TPSA) is 3.24 Å². The highest BCUT2D eigenvalue weighted by Gasteiger charge is 2.14. The van der Waals surface area contributed by atoms with Gasteiger partial charge in [-0.15, -0.1) is 0 Å². The zero-order valence-corrected chi connectivity index (χ0v) is 11.7. The predicted octanol–water partition coefficient (Wildman–Crippen LogP) is 3.63. The summed E-state index contributed by atoms with van der Waals surface area (Å²) in [5.41, 5.74) is 2.60. The summed E-state index contributed by atoms with van der Waals surface area (Å²) >= 11 is 4.43. The molecule has 0 fully saturated rings. The van der Waals surface area contributed by atoms with Crippen LogP contribution in [0.5, 0.6) is 0 Å². The lowest BCUT2D eigenvalue weighted by atomic mass is 9.97. The Bertz CT molecular complexity index is 305. The van der Waals surface area contributed by atoms with Gasteiger partial charge in [0.2, 0.25) is 0 Å². The van der Waals surface area contributed by atoms with E-state index in [1.807, 2.05) is 0 Å². The van der Waals surface area contributed by atoms with Crippen LogP contribution in [0, 0.1) is 18.8 Å². The molecule has 0 amide bonds. The lowest BCUT2D eigenvalue weighted by Gasteiger charge is -2.27. The average Bonchev–Trinajstić information content (AvgIpc) is 2.26. The molecular formula is C14H23NS. The fourth-order valence-corrected chi connectivity index (χ4v) is 2.27. The first kappa shape index (κ1) is 13.4. The molecule has 1 nitrogen and oxygen atoms in total. The van der Waals surface area contributed by atoms with Crippen molar-refractivity contribution in [2.75, 3.05) is 24.2 Å². The van der Waals surface area contributed by atoms with Gasteiger partial charge in [-0.3, -0.25) is 0 Å². The third-order valence-corrected chi connectivity index (χ3v) is 3.63. The van der Waals surface area contributed by atoms with Crippen LogP contribution in [-0.2, 0) is 0 Å². The molecule has 0 aliphatic carbocycles. The van der Waals surface area contributed by atoms with E-state index >= 15 is 0 Å². The number of hydrogen-bond donors (Lipinski definition) is 1. The van der Waals surface area contributed by atoms with E-state index in [-0.39, 0.29) is 0 Å². The normalized spacial score (nSPS) is 12.9. The first-order valence-corrected chi connectivity index (χ1v) is 6.56. The Morgan fingerprint density at radius 3 is 2.19 bits per heavy atom. The third-order valence-electron chi connectivity index (χ3n) is 3.16. The van der Waals surface area contributed by atoms with Crippen molar-refractivity contribution in [3.63, 3.8) is 0 Å². The summed E-state index contributed by atoms with van der Waals surface area (Å²) in [4.78, 5) is 2.32. The lowest BCUT2D eigenvalue weighted by molar-refractivity contribution is 0.430. The maximum Gasteiger partial charge on any atom is 0.0363 e. The van der Waals surface area contributed by atoms with Crippen LogP contribution in [0.25, 0.3) is 0 Å². The smallest absolute Gasteiger partial charge is 0.0363 e. The molecule has 1 aromatic rings. The predicted molar refractivity (Wildman–Crippen MR) is 76.6 cm³/mol. The van der Waals surface area contributed by atoms with Gasteiger partial charge in [-0.25, -0.2) is 0 Å². The highest BCUT2D eigenvalue weighted by atomic mass is 32.1. The Morgan fingerprint density at radius 1 is 1.19 bits per heavy atom. The summed E-state index contributed by atoms with van der Waals surface area (Å²) in [6.45, 7) is 7.73. The van der Waals surface area contributed by atoms with Crippen LogP contribution in [0.15, 0.2) is 24.3 Å². The molecule has 0 saturated heterocycles. The summed E-state index contributed by atoms with van der Waals surface area (Å²) in [7, 11) is 2.16. The molecule has 1 unspecified atom stereocenters. The minimum absolute atomic E-state index is 0.648. The fraction of sp³-hybridized carbons (Fsp3) is 0.571. The first-order chi connectivity index (χ1) is 7.54. The van der Waals surface area contributed by atoms with E-state index in [0.717, 1.165) is 12.3 Å². The van der Waals surface area contributed by atoms with Crippen LogP contribution >= 0.6 is 12.6 Å². The van der Waals surface area contributed by atoms with Gasteiger partial charge in [-0.1, -0.05) is 31.5 Å². The Balaban J connectivity index is 2.64. The molecule has 0 spiro atoms. The Kier molecular flexibility index (Phi) is 5.20. The van der Waals surface area contributed by atoms with Crippen molar-refractivity contribution >= 4 is 18.3 Å². The van der Waals surface area contributed by atoms with E-state index in [4.69, 9.17) is 0 Å². The van der Waals surface area contributed by atoms with E-state index < -0.39 is 0 Å². The van der Waals surface area contributed by atoms with E-state index in [9.17, 15) is 0 Å². The van der Waals surface area contributed by atoms with Crippen LogP contribution in [0.1, 0.15) is 19.4 Å². The minimum Gasteiger partial charge on any atom is -0.374 e. The van der Waals surface area contributed by atoms with Crippen molar-refractivity contribution in [3.8, 4) is 0 Å². The van der Waals surface area contributed by atoms with Gasteiger partial charge in [-0.2, -0.15) is 12.6 Å². The van der Waals surface area contributed by atoms with Crippen LogP contribution < -0.4 is 4.90 Å². The number of aryl methyl sites for hydroxylation is 1. The molecule has 0 radical (unpaired) electrons. The number of nitrogens with zero attached hydrogens (tertiary/aromatic N) is 1. The second kappa shape index (κ2) is 6.19. The highest BCUT2D eigenvalue weighted by Crippen LogP contribution is 2.19. The molecule has 0 aliphatic rings. The quantitative estimate of drug-likeness (QED) is 0.765. The van der Waals surface area contributed by atoms with Crippen molar-refractivity contribution in [2.45, 2.75) is 20.8 Å². The molecule has 0 N–H and O–H groups in total. The van der Waals surface area contributed by atoms with Gasteiger partial charge in [0.15, 0.2) is 0 Å². The van der Waals surface area contributed by atoms with E-state index in [2.05, 4.69) is 69.6 Å². The third kappa shape index (κ3) is 3.75. The molecule has 90 valence electrons. The van der Waals surface area contributed by atoms with Gasteiger partial charge in [0.25, 0.3) is 0 Å². The van der Waals surface area contributed by atoms with Crippen LogP contribution in [0.2, 0.25) is 0 Å². The monoisotopic (exact) mass is 237 g/mol. The largest absolute Gasteiger partial charge is 0.374 e. The summed E-state index contributed by atoms with van der Waals surface area (Å²) in [5, 5.41) is 0. The van der Waals surface area contributed by atoms with Crippen LogP contribution in [-0.4, -0.2) is 19.3 Å². The van der Waals surface area contributed by atoms with E-state index in [1.54, 1.807) is 0 Å². The molecule has 0 aromatic heterocycles. The molecule has 2 heteroatoms. The van der Waals surface area contributed by atoms with Crippen LogP contribution in [0.3, 0.4) is 0 Å². The van der Waals surface area contributed by atoms with Crippen molar-refractivity contribution in [1.29, 1.82) is 0 Å². The van der Waals surface area contributed by atoms with Gasteiger partial charge in [0, 0.05) is 19.3 Å². The summed E-state index contributed by atoms with van der Waals surface area (Å²) in [5.74, 6) is 2.29. The van der Waals surface area contributed by atoms with Crippen molar-refractivity contribution in [3.05, 3.63) is 29.8 Å². The fourth-order valence-electron chi connectivity index (χ4n) is 1.74. The molecule has 1 aromatic carbocycles. The van der Waals surface area contributed by atoms with E-state index in [1.165, 1.54) is 11.3 Å². The van der Waals surface area contributed by atoms with Gasteiger partial charge in [-0.05, 0) is 36.6 Å². The maximum absolute atomic E-state index is 4.43. The van der Waals surface area contributed by atoms with E-state index in [0.29, 0.717) is 11.8 Å². The standard InChI is InChI=1S/C14H23NS/c1-11(2)13(10-16)9-15(4)14-7-5-12(3)6-8-14/h5-8,11,13,16H,9-10H2,1-4H3. The molecule has 0 saturated carbocycles. The summed E-state index contributed by atoms with van der Waals surface area (Å²) in [6, 6.07) is 8.70. The molecular weight excluding hydrogens is 214 g/mol. The number of anilines is 1. The molecule has 0 aliphatic heterocycles. The number of thiol groups is 1. The van der Waals surface area contributed by atoms with Gasteiger partial charge in [0.1, 0.15) is 0 Å². The van der Waals surface area contributed by atoms with Crippen molar-refractivity contribution < 1.29 is 0 Å². The second-order valence-corrected chi connectivity index (χ2v) is 5.27. The number of hydrogen-bond acceptors (Lipinski definition) is 2. The van der Waals surface area contributed by atoms with Crippen molar-refractivity contribution in [1.82, 2.24) is 0 Å². The molecule has 1 rings (SSSR count). The first-order valence-electron chi connectivity index (χ1n) is 5.93. The lowest BCUT2D eigenvalue weighted by Crippen LogP contribution is -2.29. The average molecular weight is 237 g/mol. The molecule has 1 atom stereocenters. The SMILES string of the molecule is Cc1ccc(N(C)CC(CS)C(C)C)cc1. The number of rotatable bonds is 5. The maximum atomic E-state index is 4.43. The second-order valence-electron chi connectivity index (χ2n) is 4.90. The highest BCUT2D eigenvalue weighted by molar-refractivity contribution is 7.80. The Labute approximate surface area is 105 Å². The molecule has 0 bridgehead atoms.